The van der Waals surface area contributed by atoms with E-state index in [9.17, 15) is 14.0 Å². The zero-order valence-corrected chi connectivity index (χ0v) is 10.2. The van der Waals surface area contributed by atoms with Gasteiger partial charge in [0.05, 0.1) is 12.2 Å². The van der Waals surface area contributed by atoms with E-state index >= 15 is 0 Å². The van der Waals surface area contributed by atoms with Crippen LogP contribution in [0.25, 0.3) is 0 Å². The molecule has 0 aromatic carbocycles. The molecule has 1 N–H and O–H groups in total. The molecular weight excluding hydrogens is 261 g/mol. The van der Waals surface area contributed by atoms with Crippen molar-refractivity contribution in [2.24, 2.45) is 0 Å². The molecule has 0 bridgehead atoms. The topological polar surface area (TPSA) is 67.8 Å². The average Bonchev–Trinajstić information content (AvgIpc) is 2.32. The second-order valence-corrected chi connectivity index (χ2v) is 4.10. The summed E-state index contributed by atoms with van der Waals surface area (Å²) in [4.78, 5) is 29.3. The highest BCUT2D eigenvalue weighted by atomic mass is 35.5. The van der Waals surface area contributed by atoms with Gasteiger partial charge in [0.2, 0.25) is 5.82 Å². The van der Waals surface area contributed by atoms with Gasteiger partial charge < -0.3 is 0 Å². The number of aryl methyl sites for hydroxylation is 1. The molecule has 0 aliphatic heterocycles. The Morgan fingerprint density at radius 1 is 1.44 bits per heavy atom. The number of hydrogen-bond donors (Lipinski definition) is 1. The third-order valence-corrected chi connectivity index (χ3v) is 2.61. The van der Waals surface area contributed by atoms with Crippen LogP contribution in [0.15, 0.2) is 27.8 Å². The Hall–Kier alpha value is -1.95. The summed E-state index contributed by atoms with van der Waals surface area (Å²) in [5, 5.41) is -0.585. The van der Waals surface area contributed by atoms with Crippen LogP contribution < -0.4 is 11.2 Å². The number of hydrogen-bond acceptors (Lipinski definition) is 3. The summed E-state index contributed by atoms with van der Waals surface area (Å²) in [5.41, 5.74) is -0.600. The molecule has 0 saturated carbocycles. The van der Waals surface area contributed by atoms with Gasteiger partial charge in [-0.1, -0.05) is 17.7 Å². The van der Waals surface area contributed by atoms with Gasteiger partial charge in [-0.2, -0.15) is 4.39 Å². The van der Waals surface area contributed by atoms with Crippen LogP contribution in [0, 0.1) is 12.7 Å². The summed E-state index contributed by atoms with van der Waals surface area (Å²) in [6.07, 6.45) is 0. The highest BCUT2D eigenvalue weighted by Crippen LogP contribution is 2.03. The van der Waals surface area contributed by atoms with Crippen LogP contribution in [-0.4, -0.2) is 14.5 Å². The maximum Gasteiger partial charge on any atom is 0.330 e. The van der Waals surface area contributed by atoms with Crippen molar-refractivity contribution in [1.82, 2.24) is 14.5 Å². The Morgan fingerprint density at radius 2 is 2.17 bits per heavy atom. The summed E-state index contributed by atoms with van der Waals surface area (Å²) < 4.78 is 14.0. The summed E-state index contributed by atoms with van der Waals surface area (Å²) >= 11 is 5.36. The van der Waals surface area contributed by atoms with Crippen molar-refractivity contribution in [2.75, 3.05) is 0 Å². The van der Waals surface area contributed by atoms with Gasteiger partial charge in [0, 0.05) is 5.69 Å². The van der Waals surface area contributed by atoms with Crippen molar-refractivity contribution in [3.8, 4) is 0 Å². The number of aromatic amines is 1. The lowest BCUT2D eigenvalue weighted by Crippen LogP contribution is -2.37. The fourth-order valence-corrected chi connectivity index (χ4v) is 1.68. The third-order valence-electron chi connectivity index (χ3n) is 2.35. The van der Waals surface area contributed by atoms with Gasteiger partial charge in [-0.15, -0.1) is 0 Å². The van der Waals surface area contributed by atoms with Crippen LogP contribution in [0.2, 0.25) is 5.15 Å². The summed E-state index contributed by atoms with van der Waals surface area (Å²) in [6, 6.07) is 5.16. The van der Waals surface area contributed by atoms with Gasteiger partial charge in [-0.05, 0) is 19.1 Å². The van der Waals surface area contributed by atoms with Gasteiger partial charge >= 0.3 is 5.69 Å². The third kappa shape index (κ3) is 2.33. The monoisotopic (exact) mass is 269 g/mol. The average molecular weight is 270 g/mol. The molecule has 0 unspecified atom stereocenters. The predicted octanol–water partition coefficient (Wildman–Crippen LogP) is 1.08. The first kappa shape index (κ1) is 12.5. The number of nitrogens with zero attached hydrogens (tertiary/aromatic N) is 2. The smallest absolute Gasteiger partial charge is 0.295 e. The predicted molar refractivity (Wildman–Crippen MR) is 64.4 cm³/mol. The van der Waals surface area contributed by atoms with Crippen molar-refractivity contribution in [3.05, 3.63) is 61.4 Å². The molecule has 2 rings (SSSR count). The van der Waals surface area contributed by atoms with Crippen LogP contribution >= 0.6 is 11.6 Å². The molecule has 2 aromatic heterocycles. The maximum atomic E-state index is 13.3. The Morgan fingerprint density at radius 3 is 2.83 bits per heavy atom. The van der Waals surface area contributed by atoms with Gasteiger partial charge in [0.25, 0.3) is 5.56 Å². The molecule has 0 aliphatic rings. The molecule has 18 heavy (non-hydrogen) atoms. The van der Waals surface area contributed by atoms with E-state index in [4.69, 9.17) is 11.6 Å². The van der Waals surface area contributed by atoms with E-state index in [1.807, 2.05) is 0 Å². The van der Waals surface area contributed by atoms with Crippen molar-refractivity contribution >= 4 is 11.6 Å². The number of halogens is 2. The second kappa shape index (κ2) is 4.73. The van der Waals surface area contributed by atoms with E-state index in [1.165, 1.54) is 0 Å². The zero-order valence-electron chi connectivity index (χ0n) is 9.41. The standard InChI is InChI=1S/C11H9ClFN3O2/c1-6-3-2-4-7(14-6)5-16-10(17)8(13)9(12)15-11(16)18/h2-4H,5H2,1H3,(H,15,18). The molecule has 0 fully saturated rings. The zero-order chi connectivity index (χ0) is 13.3. The van der Waals surface area contributed by atoms with Crippen LogP contribution in [-0.2, 0) is 6.54 Å². The quantitative estimate of drug-likeness (QED) is 0.830. The Balaban J connectivity index is 2.51. The minimum Gasteiger partial charge on any atom is -0.295 e. The minimum atomic E-state index is -1.18. The SMILES string of the molecule is Cc1cccc(Cn2c(=O)[nH]c(Cl)c(F)c2=O)n1. The van der Waals surface area contributed by atoms with Crippen LogP contribution in [0.3, 0.4) is 0 Å². The molecule has 2 aromatic rings. The molecule has 0 radical (unpaired) electrons. The molecule has 0 spiro atoms. The molecule has 0 aliphatic carbocycles. The molecule has 0 amide bonds. The molecular formula is C11H9ClFN3O2. The molecule has 0 saturated heterocycles. The number of aromatic nitrogens is 3. The molecule has 94 valence electrons. The van der Waals surface area contributed by atoms with Crippen molar-refractivity contribution in [2.45, 2.75) is 13.5 Å². The normalized spacial score (nSPS) is 10.6. The Labute approximate surface area is 106 Å². The summed E-state index contributed by atoms with van der Waals surface area (Å²) in [6.45, 7) is 1.67. The second-order valence-electron chi connectivity index (χ2n) is 3.72. The Bertz CT molecular complexity index is 708. The lowest BCUT2D eigenvalue weighted by Gasteiger charge is -2.05. The van der Waals surface area contributed by atoms with E-state index in [-0.39, 0.29) is 6.54 Å². The van der Waals surface area contributed by atoms with Crippen LogP contribution in [0.4, 0.5) is 4.39 Å². The lowest BCUT2D eigenvalue weighted by atomic mass is 10.3. The minimum absolute atomic E-state index is 0.107. The van der Waals surface area contributed by atoms with E-state index in [0.717, 1.165) is 5.69 Å². The lowest BCUT2D eigenvalue weighted by molar-refractivity contribution is 0.555. The first-order valence-corrected chi connectivity index (χ1v) is 5.47. The van der Waals surface area contributed by atoms with Crippen molar-refractivity contribution < 1.29 is 4.39 Å². The summed E-state index contributed by atoms with van der Waals surface area (Å²) in [5.74, 6) is -1.18. The highest BCUT2D eigenvalue weighted by molar-refractivity contribution is 6.29. The number of H-pyrrole nitrogens is 1. The summed E-state index contributed by atoms with van der Waals surface area (Å²) in [7, 11) is 0. The largest absolute Gasteiger partial charge is 0.330 e. The molecule has 7 heteroatoms. The first-order valence-electron chi connectivity index (χ1n) is 5.09. The Kier molecular flexibility index (Phi) is 3.29. The molecule has 5 nitrogen and oxygen atoms in total. The van der Waals surface area contributed by atoms with E-state index in [1.54, 1.807) is 25.1 Å². The number of nitrogens with one attached hydrogen (secondary N) is 1. The maximum absolute atomic E-state index is 13.3. The van der Waals surface area contributed by atoms with Crippen molar-refractivity contribution in [3.63, 3.8) is 0 Å². The fourth-order valence-electron chi connectivity index (χ4n) is 1.51. The van der Waals surface area contributed by atoms with Crippen LogP contribution in [0.1, 0.15) is 11.4 Å². The molecule has 0 atom stereocenters. The van der Waals surface area contributed by atoms with E-state index in [2.05, 4.69) is 9.97 Å². The van der Waals surface area contributed by atoms with E-state index in [0.29, 0.717) is 10.3 Å². The highest BCUT2D eigenvalue weighted by Gasteiger charge is 2.12. The number of rotatable bonds is 2. The molecule has 2 heterocycles. The van der Waals surface area contributed by atoms with Gasteiger partial charge in [-0.25, -0.2) is 4.79 Å². The fraction of sp³-hybridized carbons (Fsp3) is 0.182. The van der Waals surface area contributed by atoms with Gasteiger partial charge in [-0.3, -0.25) is 19.3 Å². The van der Waals surface area contributed by atoms with Crippen LogP contribution in [0.5, 0.6) is 0 Å². The van der Waals surface area contributed by atoms with Gasteiger partial charge in [0.15, 0.2) is 5.15 Å². The van der Waals surface area contributed by atoms with Gasteiger partial charge in [0.1, 0.15) is 0 Å². The number of pyridine rings is 1. The first-order chi connectivity index (χ1) is 8.49. The van der Waals surface area contributed by atoms with Crippen molar-refractivity contribution in [1.29, 1.82) is 0 Å². The van der Waals surface area contributed by atoms with E-state index < -0.39 is 22.2 Å².